The van der Waals surface area contributed by atoms with E-state index in [1.807, 2.05) is 20.8 Å². The van der Waals surface area contributed by atoms with Crippen LogP contribution >= 0.6 is 0 Å². The molecule has 2 N–H and O–H groups in total. The van der Waals surface area contributed by atoms with Crippen LogP contribution in [-0.2, 0) is 4.74 Å². The molecular formula is C19H23N3O6. The van der Waals surface area contributed by atoms with Crippen molar-refractivity contribution in [3.05, 3.63) is 41.6 Å². The van der Waals surface area contributed by atoms with Crippen molar-refractivity contribution in [1.82, 2.24) is 9.97 Å². The number of nitrogens with zero attached hydrogens (tertiary/aromatic N) is 2. The number of carboxylic acids is 1. The topological polar surface area (TPSA) is 120 Å². The quantitative estimate of drug-likeness (QED) is 0.672. The van der Waals surface area contributed by atoms with E-state index in [9.17, 15) is 9.59 Å². The number of hydrogen-bond acceptors (Lipinski definition) is 7. The van der Waals surface area contributed by atoms with Crippen LogP contribution in [0.5, 0.6) is 11.8 Å². The van der Waals surface area contributed by atoms with E-state index in [-0.39, 0.29) is 40.9 Å². The molecule has 28 heavy (non-hydrogen) atoms. The zero-order valence-corrected chi connectivity index (χ0v) is 16.1. The Labute approximate surface area is 162 Å². The molecule has 0 aromatic carbocycles. The van der Waals surface area contributed by atoms with E-state index in [4.69, 9.17) is 19.3 Å². The molecule has 1 atom stereocenters. The summed E-state index contributed by atoms with van der Waals surface area (Å²) in [4.78, 5) is 31.7. The van der Waals surface area contributed by atoms with E-state index in [1.54, 1.807) is 7.11 Å². The van der Waals surface area contributed by atoms with Crippen molar-refractivity contribution in [2.45, 2.75) is 33.0 Å². The van der Waals surface area contributed by atoms with E-state index in [0.717, 1.165) is 0 Å². The van der Waals surface area contributed by atoms with Crippen molar-refractivity contribution >= 4 is 17.7 Å². The smallest absolute Gasteiger partial charge is 0.337 e. The summed E-state index contributed by atoms with van der Waals surface area (Å²) in [6.45, 7) is 5.86. The van der Waals surface area contributed by atoms with Gasteiger partial charge >= 0.3 is 5.97 Å². The first kappa shape index (κ1) is 21.1. The molecule has 150 valence electrons. The van der Waals surface area contributed by atoms with Gasteiger partial charge in [-0.15, -0.1) is 0 Å². The van der Waals surface area contributed by atoms with Crippen molar-refractivity contribution in [2.75, 3.05) is 19.0 Å². The van der Waals surface area contributed by atoms with E-state index < -0.39 is 11.9 Å². The third-order valence-corrected chi connectivity index (χ3v) is 3.37. The zero-order chi connectivity index (χ0) is 20.7. The van der Waals surface area contributed by atoms with Gasteiger partial charge in [0.2, 0.25) is 11.8 Å². The van der Waals surface area contributed by atoms with Crippen molar-refractivity contribution in [2.24, 2.45) is 0 Å². The Kier molecular flexibility index (Phi) is 7.28. The first-order valence-electron chi connectivity index (χ1n) is 8.63. The summed E-state index contributed by atoms with van der Waals surface area (Å²) < 4.78 is 16.3. The molecule has 2 heterocycles. The van der Waals surface area contributed by atoms with E-state index in [1.165, 1.54) is 30.5 Å². The molecule has 0 saturated carbocycles. The average molecular weight is 389 g/mol. The third-order valence-electron chi connectivity index (χ3n) is 3.37. The maximum absolute atomic E-state index is 12.6. The number of pyridine rings is 2. The largest absolute Gasteiger partial charge is 0.478 e. The molecular weight excluding hydrogens is 366 g/mol. The Hall–Kier alpha value is -3.20. The second-order valence-corrected chi connectivity index (χ2v) is 6.27. The molecule has 0 spiro atoms. The maximum atomic E-state index is 12.6. The SMILES string of the molecule is COCC(C)Oc1cc(C(=O)Nc2ccc(C(=O)O)cn2)cc(OC(C)C)n1. The van der Waals surface area contributed by atoms with Gasteiger partial charge < -0.3 is 24.6 Å². The number of aromatic carboxylic acids is 1. The monoisotopic (exact) mass is 389 g/mol. The van der Waals surface area contributed by atoms with Crippen LogP contribution in [0.15, 0.2) is 30.5 Å². The zero-order valence-electron chi connectivity index (χ0n) is 16.1. The number of carbonyl (C=O) groups excluding carboxylic acids is 1. The van der Waals surface area contributed by atoms with Gasteiger partial charge in [0.15, 0.2) is 0 Å². The van der Waals surface area contributed by atoms with Crippen LogP contribution in [0, 0.1) is 0 Å². The minimum Gasteiger partial charge on any atom is -0.478 e. The Morgan fingerprint density at radius 1 is 1.11 bits per heavy atom. The number of anilines is 1. The highest BCUT2D eigenvalue weighted by Gasteiger charge is 2.15. The Bertz CT molecular complexity index is 823. The number of methoxy groups -OCH3 is 1. The number of hydrogen-bond donors (Lipinski definition) is 2. The van der Waals surface area contributed by atoms with Gasteiger partial charge in [0.1, 0.15) is 11.9 Å². The van der Waals surface area contributed by atoms with Crippen molar-refractivity contribution in [3.8, 4) is 11.8 Å². The number of nitrogens with one attached hydrogen (secondary N) is 1. The fraction of sp³-hybridized carbons (Fsp3) is 0.368. The molecule has 9 heteroatoms. The number of ether oxygens (including phenoxy) is 3. The maximum Gasteiger partial charge on any atom is 0.337 e. The van der Waals surface area contributed by atoms with Gasteiger partial charge in [-0.2, -0.15) is 4.98 Å². The molecule has 0 aliphatic carbocycles. The Morgan fingerprint density at radius 2 is 1.79 bits per heavy atom. The molecule has 2 rings (SSSR count). The molecule has 0 saturated heterocycles. The van der Waals surface area contributed by atoms with Crippen molar-refractivity contribution in [3.63, 3.8) is 0 Å². The lowest BCUT2D eigenvalue weighted by atomic mass is 10.2. The van der Waals surface area contributed by atoms with Gasteiger partial charge in [0.25, 0.3) is 5.91 Å². The lowest BCUT2D eigenvalue weighted by Crippen LogP contribution is -2.20. The molecule has 1 unspecified atom stereocenters. The van der Waals surface area contributed by atoms with Crippen LogP contribution < -0.4 is 14.8 Å². The highest BCUT2D eigenvalue weighted by Crippen LogP contribution is 2.21. The number of aromatic nitrogens is 2. The molecule has 0 radical (unpaired) electrons. The Balaban J connectivity index is 2.23. The first-order chi connectivity index (χ1) is 13.3. The molecule has 0 aliphatic heterocycles. The van der Waals surface area contributed by atoms with E-state index in [2.05, 4.69) is 15.3 Å². The standard InChI is InChI=1S/C19H23N3O6/c1-11(2)27-16-7-14(8-17(22-16)28-12(3)10-26-4)18(23)21-15-6-5-13(9-20-15)19(24)25/h5-9,11-12H,10H2,1-4H3,(H,24,25)(H,20,21,23). The summed E-state index contributed by atoms with van der Waals surface area (Å²) in [7, 11) is 1.56. The lowest BCUT2D eigenvalue weighted by molar-refractivity contribution is 0.0696. The van der Waals surface area contributed by atoms with Crippen LogP contribution in [0.25, 0.3) is 0 Å². The van der Waals surface area contributed by atoms with Crippen LogP contribution in [0.1, 0.15) is 41.5 Å². The highest BCUT2D eigenvalue weighted by atomic mass is 16.5. The van der Waals surface area contributed by atoms with Crippen molar-refractivity contribution < 1.29 is 28.9 Å². The number of carboxylic acid groups (broad SMARTS) is 1. The minimum absolute atomic E-state index is 0.0253. The summed E-state index contributed by atoms with van der Waals surface area (Å²) in [5.41, 5.74) is 0.284. The second-order valence-electron chi connectivity index (χ2n) is 6.27. The average Bonchev–Trinajstić information content (AvgIpc) is 2.61. The van der Waals surface area contributed by atoms with Crippen molar-refractivity contribution in [1.29, 1.82) is 0 Å². The summed E-state index contributed by atoms with van der Waals surface area (Å²) in [5, 5.41) is 11.5. The normalized spacial score (nSPS) is 11.8. The second kappa shape index (κ2) is 9.65. The van der Waals surface area contributed by atoms with Crippen LogP contribution in [0.2, 0.25) is 0 Å². The van der Waals surface area contributed by atoms with Crippen LogP contribution in [-0.4, -0.2) is 52.9 Å². The molecule has 1 amide bonds. The summed E-state index contributed by atoms with van der Waals surface area (Å²) in [6.07, 6.45) is 0.756. The fourth-order valence-corrected chi connectivity index (χ4v) is 2.23. The number of rotatable bonds is 9. The molecule has 0 aliphatic rings. The highest BCUT2D eigenvalue weighted by molar-refractivity contribution is 6.04. The molecule has 2 aromatic rings. The third kappa shape index (κ3) is 6.20. The number of carbonyl (C=O) groups is 2. The lowest BCUT2D eigenvalue weighted by Gasteiger charge is -2.16. The van der Waals surface area contributed by atoms with Crippen LogP contribution in [0.4, 0.5) is 5.82 Å². The van der Waals surface area contributed by atoms with Gasteiger partial charge in [-0.1, -0.05) is 0 Å². The predicted octanol–water partition coefficient (Wildman–Crippen LogP) is 2.63. The van der Waals surface area contributed by atoms with Gasteiger partial charge in [0.05, 0.1) is 23.8 Å². The van der Waals surface area contributed by atoms with E-state index in [0.29, 0.717) is 6.61 Å². The van der Waals surface area contributed by atoms with Gasteiger partial charge in [-0.3, -0.25) is 4.79 Å². The molecule has 9 nitrogen and oxygen atoms in total. The van der Waals surface area contributed by atoms with Gasteiger partial charge in [0, 0.05) is 25.4 Å². The fourth-order valence-electron chi connectivity index (χ4n) is 2.23. The molecule has 0 bridgehead atoms. The summed E-state index contributed by atoms with van der Waals surface area (Å²) in [5.74, 6) is -0.871. The molecule has 0 fully saturated rings. The Morgan fingerprint density at radius 3 is 2.32 bits per heavy atom. The van der Waals surface area contributed by atoms with Gasteiger partial charge in [-0.05, 0) is 32.9 Å². The summed E-state index contributed by atoms with van der Waals surface area (Å²) in [6, 6.07) is 5.74. The minimum atomic E-state index is -1.10. The first-order valence-corrected chi connectivity index (χ1v) is 8.63. The van der Waals surface area contributed by atoms with Crippen LogP contribution in [0.3, 0.4) is 0 Å². The molecule has 2 aromatic heterocycles. The number of amides is 1. The van der Waals surface area contributed by atoms with Gasteiger partial charge in [-0.25, -0.2) is 9.78 Å². The predicted molar refractivity (Wildman–Crippen MR) is 101 cm³/mol. The summed E-state index contributed by atoms with van der Waals surface area (Å²) >= 11 is 0. The van der Waals surface area contributed by atoms with E-state index >= 15 is 0 Å².